The van der Waals surface area contributed by atoms with E-state index in [2.05, 4.69) is 10.6 Å². The number of carbonyl (C=O) groups excluding carboxylic acids is 2. The first kappa shape index (κ1) is 18.4. The highest BCUT2D eigenvalue weighted by atomic mass is 35.5. The lowest BCUT2D eigenvalue weighted by molar-refractivity contribution is -0.119. The maximum atomic E-state index is 11.8. The first-order valence-electron chi connectivity index (χ1n) is 6.23. The molecule has 0 aliphatic heterocycles. The highest BCUT2D eigenvalue weighted by molar-refractivity contribution is 5.96. The molecule has 1 unspecified atom stereocenters. The molecule has 0 bridgehead atoms. The van der Waals surface area contributed by atoms with Crippen LogP contribution in [0.2, 0.25) is 0 Å². The Kier molecular flexibility index (Phi) is 7.87. The molecule has 0 saturated carbocycles. The summed E-state index contributed by atoms with van der Waals surface area (Å²) in [5.74, 6) is -0.199. The molecule has 2 amide bonds. The van der Waals surface area contributed by atoms with Gasteiger partial charge in [0.25, 0.3) is 5.91 Å². The average Bonchev–Trinajstić information content (AvgIpc) is 2.38. The number of amides is 2. The van der Waals surface area contributed by atoms with Gasteiger partial charge in [-0.2, -0.15) is 0 Å². The van der Waals surface area contributed by atoms with Gasteiger partial charge in [0.1, 0.15) is 0 Å². The maximum absolute atomic E-state index is 11.8. The summed E-state index contributed by atoms with van der Waals surface area (Å²) in [5, 5.41) is 5.78. The van der Waals surface area contributed by atoms with Crippen molar-refractivity contribution in [3.05, 3.63) is 29.8 Å². The molecule has 0 saturated heterocycles. The molecule has 0 aliphatic rings. The van der Waals surface area contributed by atoms with Crippen molar-refractivity contribution in [1.29, 1.82) is 0 Å². The third kappa shape index (κ3) is 5.19. The van der Waals surface area contributed by atoms with Gasteiger partial charge in [0.05, 0.1) is 0 Å². The molecule has 20 heavy (non-hydrogen) atoms. The predicted molar refractivity (Wildman–Crippen MR) is 83.4 cm³/mol. The predicted octanol–water partition coefficient (Wildman–Crippen LogP) is 1.60. The van der Waals surface area contributed by atoms with Gasteiger partial charge in [0.2, 0.25) is 5.91 Å². The van der Waals surface area contributed by atoms with E-state index < -0.39 is 0 Å². The first-order valence-corrected chi connectivity index (χ1v) is 6.23. The summed E-state index contributed by atoms with van der Waals surface area (Å²) >= 11 is 0. The second-order valence-electron chi connectivity index (χ2n) is 4.72. The van der Waals surface area contributed by atoms with E-state index in [1.807, 2.05) is 14.0 Å². The molecule has 112 valence electrons. The van der Waals surface area contributed by atoms with Crippen molar-refractivity contribution < 1.29 is 9.59 Å². The van der Waals surface area contributed by atoms with E-state index in [4.69, 9.17) is 0 Å². The van der Waals surface area contributed by atoms with Crippen LogP contribution in [0.25, 0.3) is 0 Å². The van der Waals surface area contributed by atoms with Gasteiger partial charge in [-0.05, 0) is 31.3 Å². The van der Waals surface area contributed by atoms with Crippen LogP contribution < -0.4 is 10.6 Å². The van der Waals surface area contributed by atoms with Crippen LogP contribution >= 0.6 is 12.4 Å². The lowest BCUT2D eigenvalue weighted by Gasteiger charge is -2.13. The summed E-state index contributed by atoms with van der Waals surface area (Å²) < 4.78 is 0. The first-order chi connectivity index (χ1) is 8.95. The Bertz CT molecular complexity index is 446. The lowest BCUT2D eigenvalue weighted by atomic mass is 10.1. The highest BCUT2D eigenvalue weighted by Crippen LogP contribution is 2.12. The van der Waals surface area contributed by atoms with Crippen molar-refractivity contribution in [3.63, 3.8) is 0 Å². The van der Waals surface area contributed by atoms with Crippen LogP contribution in [0.15, 0.2) is 24.3 Å². The van der Waals surface area contributed by atoms with E-state index in [-0.39, 0.29) is 30.1 Å². The van der Waals surface area contributed by atoms with E-state index in [1.54, 1.807) is 38.4 Å². The number of benzene rings is 1. The molecule has 1 rings (SSSR count). The number of nitrogens with zero attached hydrogens (tertiary/aromatic N) is 1. The number of anilines is 1. The van der Waals surface area contributed by atoms with Crippen molar-refractivity contribution in [2.75, 3.05) is 33.0 Å². The van der Waals surface area contributed by atoms with Crippen LogP contribution in [0, 0.1) is 5.92 Å². The van der Waals surface area contributed by atoms with Crippen molar-refractivity contribution in [2.24, 2.45) is 5.92 Å². The van der Waals surface area contributed by atoms with Crippen molar-refractivity contribution in [2.45, 2.75) is 6.92 Å². The SMILES string of the molecule is CNCC(C)C(=O)Nc1ccc(C(=O)N(C)C)cc1.Cl. The molecule has 0 aromatic heterocycles. The van der Waals surface area contributed by atoms with Gasteiger partial charge in [-0.15, -0.1) is 12.4 Å². The fourth-order valence-corrected chi connectivity index (χ4v) is 1.62. The zero-order valence-corrected chi connectivity index (χ0v) is 13.1. The smallest absolute Gasteiger partial charge is 0.253 e. The van der Waals surface area contributed by atoms with E-state index in [1.165, 1.54) is 4.90 Å². The van der Waals surface area contributed by atoms with Gasteiger partial charge < -0.3 is 15.5 Å². The molecule has 5 nitrogen and oxygen atoms in total. The van der Waals surface area contributed by atoms with Crippen molar-refractivity contribution in [3.8, 4) is 0 Å². The van der Waals surface area contributed by atoms with E-state index >= 15 is 0 Å². The molecule has 6 heteroatoms. The summed E-state index contributed by atoms with van der Waals surface area (Å²) in [6.45, 7) is 2.48. The number of carbonyl (C=O) groups is 2. The van der Waals surface area contributed by atoms with E-state index in [0.29, 0.717) is 17.8 Å². The average molecular weight is 300 g/mol. The maximum Gasteiger partial charge on any atom is 0.253 e. The Hall–Kier alpha value is -1.59. The van der Waals surface area contributed by atoms with Gasteiger partial charge in [0.15, 0.2) is 0 Å². The third-order valence-corrected chi connectivity index (χ3v) is 2.76. The molecular formula is C14H22ClN3O2. The summed E-state index contributed by atoms with van der Waals surface area (Å²) in [4.78, 5) is 25.0. The number of halogens is 1. The van der Waals surface area contributed by atoms with E-state index in [0.717, 1.165) is 0 Å². The molecule has 0 aliphatic carbocycles. The quantitative estimate of drug-likeness (QED) is 0.868. The summed E-state index contributed by atoms with van der Waals surface area (Å²) in [5.41, 5.74) is 1.30. The van der Waals surface area contributed by atoms with Gasteiger partial charge in [0, 0.05) is 37.8 Å². The molecule has 2 N–H and O–H groups in total. The molecule has 0 fully saturated rings. The molecule has 0 radical (unpaired) electrons. The van der Waals surface area contributed by atoms with Crippen LogP contribution in [0.4, 0.5) is 5.69 Å². The second-order valence-corrected chi connectivity index (χ2v) is 4.72. The molecular weight excluding hydrogens is 278 g/mol. The zero-order valence-electron chi connectivity index (χ0n) is 12.3. The van der Waals surface area contributed by atoms with Crippen LogP contribution in [0.3, 0.4) is 0 Å². The Morgan fingerprint density at radius 1 is 1.20 bits per heavy atom. The summed E-state index contributed by atoms with van der Waals surface area (Å²) in [6.07, 6.45) is 0. The lowest BCUT2D eigenvalue weighted by Crippen LogP contribution is -2.28. The minimum absolute atomic E-state index is 0. The Morgan fingerprint density at radius 3 is 2.20 bits per heavy atom. The summed E-state index contributed by atoms with van der Waals surface area (Å²) in [7, 11) is 5.22. The number of rotatable bonds is 5. The Morgan fingerprint density at radius 2 is 1.75 bits per heavy atom. The largest absolute Gasteiger partial charge is 0.345 e. The summed E-state index contributed by atoms with van der Waals surface area (Å²) in [6, 6.07) is 6.89. The van der Waals surface area contributed by atoms with E-state index in [9.17, 15) is 9.59 Å². The molecule has 1 aromatic rings. The zero-order chi connectivity index (χ0) is 14.4. The van der Waals surface area contributed by atoms with Crippen LogP contribution in [-0.4, -0.2) is 44.4 Å². The topological polar surface area (TPSA) is 61.4 Å². The molecule has 1 aromatic carbocycles. The van der Waals surface area contributed by atoms with Crippen molar-refractivity contribution in [1.82, 2.24) is 10.2 Å². The fourth-order valence-electron chi connectivity index (χ4n) is 1.62. The normalized spacial score (nSPS) is 11.2. The standard InChI is InChI=1S/C14H21N3O2.ClH/c1-10(9-15-2)13(18)16-12-7-5-11(6-8-12)14(19)17(3)4;/h5-8,10,15H,9H2,1-4H3,(H,16,18);1H. The van der Waals surface area contributed by atoms with Crippen LogP contribution in [0.1, 0.15) is 17.3 Å². The van der Waals surface area contributed by atoms with Gasteiger partial charge in [-0.1, -0.05) is 6.92 Å². The molecule has 0 heterocycles. The highest BCUT2D eigenvalue weighted by Gasteiger charge is 2.12. The number of nitrogens with one attached hydrogen (secondary N) is 2. The van der Waals surface area contributed by atoms with Crippen molar-refractivity contribution >= 4 is 29.9 Å². The molecule has 0 spiro atoms. The Balaban J connectivity index is 0.00000361. The monoisotopic (exact) mass is 299 g/mol. The third-order valence-electron chi connectivity index (χ3n) is 2.76. The Labute approximate surface area is 126 Å². The van der Waals surface area contributed by atoms with Crippen LogP contribution in [0.5, 0.6) is 0 Å². The van der Waals surface area contributed by atoms with Gasteiger partial charge in [-0.3, -0.25) is 9.59 Å². The minimum atomic E-state index is -0.104. The minimum Gasteiger partial charge on any atom is -0.345 e. The van der Waals surface area contributed by atoms with Gasteiger partial charge in [-0.25, -0.2) is 0 Å². The fraction of sp³-hybridized carbons (Fsp3) is 0.429. The van der Waals surface area contributed by atoms with Crippen LogP contribution in [-0.2, 0) is 4.79 Å². The second kappa shape index (κ2) is 8.55. The molecule has 1 atom stereocenters. The number of hydrogen-bond donors (Lipinski definition) is 2. The van der Waals surface area contributed by atoms with Gasteiger partial charge >= 0.3 is 0 Å². The number of hydrogen-bond acceptors (Lipinski definition) is 3.